The Morgan fingerprint density at radius 1 is 1.41 bits per heavy atom. The first-order valence-corrected chi connectivity index (χ1v) is 5.79. The number of hydrogen-bond acceptors (Lipinski definition) is 3. The summed E-state index contributed by atoms with van der Waals surface area (Å²) in [5.41, 5.74) is 0.444. The van der Waals surface area contributed by atoms with Crippen LogP contribution in [0.1, 0.15) is 16.8 Å². The Bertz CT molecular complexity index is 401. The van der Waals surface area contributed by atoms with Crippen LogP contribution in [0.25, 0.3) is 0 Å². The van der Waals surface area contributed by atoms with Crippen LogP contribution >= 0.6 is 15.9 Å². The molecule has 92 valence electrons. The molecule has 2 N–H and O–H groups in total. The Morgan fingerprint density at radius 3 is 2.76 bits per heavy atom. The zero-order valence-corrected chi connectivity index (χ0v) is 10.7. The minimum atomic E-state index is -0.253. The van der Waals surface area contributed by atoms with Gasteiger partial charge in [-0.1, -0.05) is 22.5 Å². The van der Waals surface area contributed by atoms with Crippen molar-refractivity contribution in [1.29, 1.82) is 0 Å². The summed E-state index contributed by atoms with van der Waals surface area (Å²) in [6, 6.07) is 1.56. The van der Waals surface area contributed by atoms with E-state index in [0.29, 0.717) is 16.6 Å². The topological polar surface area (TPSA) is 71.3 Å². The molecule has 0 aliphatic rings. The molecule has 0 fully saturated rings. The molecule has 0 bridgehead atoms. The monoisotopic (exact) mass is 300 g/mol. The molecular formula is C11H13BrN2O3. The van der Waals surface area contributed by atoms with Crippen LogP contribution in [-0.2, 0) is 4.79 Å². The van der Waals surface area contributed by atoms with Crippen LogP contribution < -0.4 is 10.6 Å². The van der Waals surface area contributed by atoms with Gasteiger partial charge in [-0.2, -0.15) is 0 Å². The van der Waals surface area contributed by atoms with Crippen molar-refractivity contribution in [3.05, 3.63) is 35.2 Å². The Kier molecular flexibility index (Phi) is 5.48. The van der Waals surface area contributed by atoms with E-state index in [0.717, 1.165) is 0 Å². The second-order valence-electron chi connectivity index (χ2n) is 3.31. The van der Waals surface area contributed by atoms with Gasteiger partial charge in [0, 0.05) is 24.0 Å². The molecule has 1 heterocycles. The van der Waals surface area contributed by atoms with Gasteiger partial charge in [0.1, 0.15) is 6.26 Å². The minimum absolute atomic E-state index is 0.141. The molecule has 0 aliphatic heterocycles. The van der Waals surface area contributed by atoms with Crippen LogP contribution in [0.3, 0.4) is 0 Å². The molecule has 1 aromatic rings. The van der Waals surface area contributed by atoms with Gasteiger partial charge < -0.3 is 15.1 Å². The van der Waals surface area contributed by atoms with Gasteiger partial charge >= 0.3 is 0 Å². The summed E-state index contributed by atoms with van der Waals surface area (Å²) >= 11 is 3.13. The summed E-state index contributed by atoms with van der Waals surface area (Å²) in [5, 5.41) is 5.25. The fourth-order valence-corrected chi connectivity index (χ4v) is 1.21. The Hall–Kier alpha value is -1.56. The fraction of sp³-hybridized carbons (Fsp3) is 0.273. The largest absolute Gasteiger partial charge is 0.472 e. The molecule has 0 atom stereocenters. The maximum atomic E-state index is 11.4. The van der Waals surface area contributed by atoms with Crippen LogP contribution in [0.4, 0.5) is 0 Å². The van der Waals surface area contributed by atoms with Crippen molar-refractivity contribution in [3.63, 3.8) is 0 Å². The summed E-state index contributed by atoms with van der Waals surface area (Å²) in [7, 11) is 0. The molecular weight excluding hydrogens is 288 g/mol. The van der Waals surface area contributed by atoms with Crippen molar-refractivity contribution >= 4 is 27.7 Å². The minimum Gasteiger partial charge on any atom is -0.472 e. The third kappa shape index (κ3) is 5.35. The summed E-state index contributed by atoms with van der Waals surface area (Å²) < 4.78 is 5.48. The van der Waals surface area contributed by atoms with E-state index in [4.69, 9.17) is 4.42 Å². The van der Waals surface area contributed by atoms with Crippen LogP contribution in [-0.4, -0.2) is 24.9 Å². The number of nitrogens with one attached hydrogen (secondary N) is 2. The van der Waals surface area contributed by atoms with E-state index in [1.54, 1.807) is 6.07 Å². The number of amides is 2. The van der Waals surface area contributed by atoms with Crippen LogP contribution in [0, 0.1) is 0 Å². The van der Waals surface area contributed by atoms with E-state index >= 15 is 0 Å². The van der Waals surface area contributed by atoms with Gasteiger partial charge in [-0.15, -0.1) is 0 Å². The van der Waals surface area contributed by atoms with Crippen LogP contribution in [0.5, 0.6) is 0 Å². The zero-order chi connectivity index (χ0) is 12.7. The summed E-state index contributed by atoms with van der Waals surface area (Å²) in [6.07, 6.45) is 3.00. The predicted octanol–water partition coefficient (Wildman–Crippen LogP) is 1.42. The lowest BCUT2D eigenvalue weighted by Crippen LogP contribution is -2.31. The number of halogens is 1. The quantitative estimate of drug-likeness (QED) is 0.835. The Balaban J connectivity index is 2.17. The average Bonchev–Trinajstić information content (AvgIpc) is 2.79. The second kappa shape index (κ2) is 6.90. The van der Waals surface area contributed by atoms with Crippen LogP contribution in [0.15, 0.2) is 34.1 Å². The molecule has 1 aromatic heterocycles. The molecule has 2 amide bonds. The van der Waals surface area contributed by atoms with E-state index < -0.39 is 0 Å². The molecule has 0 aromatic carbocycles. The number of rotatable bonds is 6. The maximum Gasteiger partial charge on any atom is 0.254 e. The van der Waals surface area contributed by atoms with Crippen molar-refractivity contribution in [2.45, 2.75) is 6.42 Å². The first kappa shape index (κ1) is 13.5. The molecule has 0 saturated heterocycles. The van der Waals surface area contributed by atoms with Gasteiger partial charge in [0.05, 0.1) is 11.8 Å². The second-order valence-corrected chi connectivity index (χ2v) is 4.43. The van der Waals surface area contributed by atoms with Gasteiger partial charge in [0.2, 0.25) is 5.91 Å². The van der Waals surface area contributed by atoms with Gasteiger partial charge in [-0.05, 0) is 6.07 Å². The smallest absolute Gasteiger partial charge is 0.254 e. The van der Waals surface area contributed by atoms with Gasteiger partial charge in [-0.3, -0.25) is 9.59 Å². The highest BCUT2D eigenvalue weighted by molar-refractivity contribution is 9.11. The number of furan rings is 1. The van der Waals surface area contributed by atoms with E-state index in [1.807, 2.05) is 0 Å². The maximum absolute atomic E-state index is 11.4. The number of carbonyl (C=O) groups is 2. The highest BCUT2D eigenvalue weighted by Crippen LogP contribution is 1.99. The average molecular weight is 301 g/mol. The lowest BCUT2D eigenvalue weighted by atomic mass is 10.3. The normalized spacial score (nSPS) is 9.71. The fourth-order valence-electron chi connectivity index (χ4n) is 1.07. The molecule has 0 spiro atoms. The van der Waals surface area contributed by atoms with E-state index in [9.17, 15) is 9.59 Å². The van der Waals surface area contributed by atoms with E-state index in [1.165, 1.54) is 12.5 Å². The summed E-state index contributed by atoms with van der Waals surface area (Å²) in [4.78, 5) is 22.7. The third-order valence-corrected chi connectivity index (χ3v) is 2.18. The van der Waals surface area contributed by atoms with Crippen molar-refractivity contribution in [3.8, 4) is 0 Å². The molecule has 0 saturated carbocycles. The van der Waals surface area contributed by atoms with Gasteiger partial charge in [0.25, 0.3) is 5.91 Å². The standard InChI is InChI=1S/C11H13BrN2O3/c1-8(12)6-14-10(15)2-4-13-11(16)9-3-5-17-7-9/h3,5,7H,1-2,4,6H2,(H,13,16)(H,14,15). The number of hydrogen-bond donors (Lipinski definition) is 2. The predicted molar refractivity (Wildman–Crippen MR) is 66.7 cm³/mol. The molecule has 17 heavy (non-hydrogen) atoms. The van der Waals surface area contributed by atoms with Crippen molar-refractivity contribution in [1.82, 2.24) is 10.6 Å². The van der Waals surface area contributed by atoms with Crippen molar-refractivity contribution < 1.29 is 14.0 Å². The van der Waals surface area contributed by atoms with Gasteiger partial charge in [0.15, 0.2) is 0 Å². The molecule has 5 nitrogen and oxygen atoms in total. The molecule has 0 radical (unpaired) electrons. The Labute approximate surface area is 107 Å². The molecule has 0 unspecified atom stereocenters. The van der Waals surface area contributed by atoms with E-state index in [-0.39, 0.29) is 24.8 Å². The SMILES string of the molecule is C=C(Br)CNC(=O)CCNC(=O)c1ccoc1. The zero-order valence-electron chi connectivity index (χ0n) is 9.16. The third-order valence-electron chi connectivity index (χ3n) is 1.90. The van der Waals surface area contributed by atoms with Gasteiger partial charge in [-0.25, -0.2) is 0 Å². The first-order valence-electron chi connectivity index (χ1n) is 5.00. The lowest BCUT2D eigenvalue weighted by Gasteiger charge is -2.05. The first-order chi connectivity index (χ1) is 8.09. The number of carbonyl (C=O) groups excluding carboxylic acids is 2. The van der Waals surface area contributed by atoms with Crippen LogP contribution in [0.2, 0.25) is 0 Å². The lowest BCUT2D eigenvalue weighted by molar-refractivity contribution is -0.120. The van der Waals surface area contributed by atoms with Crippen molar-refractivity contribution in [2.75, 3.05) is 13.1 Å². The summed E-state index contributed by atoms with van der Waals surface area (Å²) in [6.45, 7) is 4.26. The highest BCUT2D eigenvalue weighted by atomic mass is 79.9. The Morgan fingerprint density at radius 2 is 2.18 bits per heavy atom. The molecule has 1 rings (SSSR count). The highest BCUT2D eigenvalue weighted by Gasteiger charge is 2.07. The molecule has 0 aliphatic carbocycles. The summed E-state index contributed by atoms with van der Waals surface area (Å²) in [5.74, 6) is -0.394. The van der Waals surface area contributed by atoms with Crippen molar-refractivity contribution in [2.24, 2.45) is 0 Å². The molecule has 6 heteroatoms. The van der Waals surface area contributed by atoms with E-state index in [2.05, 4.69) is 33.1 Å².